The van der Waals surface area contributed by atoms with Gasteiger partial charge in [-0.05, 0) is 53.0 Å². The lowest BCUT2D eigenvalue weighted by molar-refractivity contribution is 0.154. The summed E-state index contributed by atoms with van der Waals surface area (Å²) in [5.41, 5.74) is 8.58. The van der Waals surface area contributed by atoms with Crippen LogP contribution in [-0.2, 0) is 6.54 Å². The highest BCUT2D eigenvalue weighted by Gasteiger charge is 2.23. The van der Waals surface area contributed by atoms with E-state index in [4.69, 9.17) is 5.73 Å². The standard InChI is InChI=1S/C15H28N4/c1-11(2)19-10-15(13(4)17-19)9-18-7-5-6-14(8-18)12(3)16/h10-12,14H,5-9,16H2,1-4H3. The van der Waals surface area contributed by atoms with E-state index in [-0.39, 0.29) is 0 Å². The van der Waals surface area contributed by atoms with Gasteiger partial charge in [0, 0.05) is 36.9 Å². The van der Waals surface area contributed by atoms with Gasteiger partial charge in [0.1, 0.15) is 0 Å². The van der Waals surface area contributed by atoms with Crippen molar-refractivity contribution in [2.24, 2.45) is 11.7 Å². The zero-order chi connectivity index (χ0) is 14.0. The minimum atomic E-state index is 0.308. The predicted molar refractivity (Wildman–Crippen MR) is 79.0 cm³/mol. The molecule has 0 aromatic carbocycles. The lowest BCUT2D eigenvalue weighted by Crippen LogP contribution is -2.41. The molecule has 1 aromatic heterocycles. The third-order valence-corrected chi connectivity index (χ3v) is 4.23. The summed E-state index contributed by atoms with van der Waals surface area (Å²) in [6, 6.07) is 0.743. The van der Waals surface area contributed by atoms with Crippen LogP contribution < -0.4 is 5.73 Å². The Kier molecular flexibility index (Phi) is 4.63. The summed E-state index contributed by atoms with van der Waals surface area (Å²) in [6.07, 6.45) is 4.75. The molecule has 0 bridgehead atoms. The van der Waals surface area contributed by atoms with E-state index in [1.54, 1.807) is 0 Å². The zero-order valence-electron chi connectivity index (χ0n) is 12.8. The highest BCUT2D eigenvalue weighted by atomic mass is 15.3. The molecule has 2 heterocycles. The largest absolute Gasteiger partial charge is 0.328 e. The highest BCUT2D eigenvalue weighted by Crippen LogP contribution is 2.21. The normalized spacial score (nSPS) is 22.9. The van der Waals surface area contributed by atoms with E-state index in [9.17, 15) is 0 Å². The Morgan fingerprint density at radius 3 is 2.74 bits per heavy atom. The number of aryl methyl sites for hydroxylation is 1. The van der Waals surface area contributed by atoms with Crippen molar-refractivity contribution < 1.29 is 0 Å². The van der Waals surface area contributed by atoms with E-state index in [1.807, 2.05) is 0 Å². The Labute approximate surface area is 117 Å². The number of aromatic nitrogens is 2. The summed E-state index contributed by atoms with van der Waals surface area (Å²) in [6.45, 7) is 11.9. The topological polar surface area (TPSA) is 47.1 Å². The summed E-state index contributed by atoms with van der Waals surface area (Å²) >= 11 is 0. The van der Waals surface area contributed by atoms with Crippen molar-refractivity contribution in [2.45, 2.75) is 59.2 Å². The molecular weight excluding hydrogens is 236 g/mol. The van der Waals surface area contributed by atoms with Crippen LogP contribution in [-0.4, -0.2) is 33.8 Å². The van der Waals surface area contributed by atoms with Gasteiger partial charge in [-0.2, -0.15) is 5.10 Å². The van der Waals surface area contributed by atoms with Crippen molar-refractivity contribution in [3.05, 3.63) is 17.5 Å². The van der Waals surface area contributed by atoms with Crippen LogP contribution in [0, 0.1) is 12.8 Å². The van der Waals surface area contributed by atoms with Gasteiger partial charge in [0.25, 0.3) is 0 Å². The minimum absolute atomic E-state index is 0.308. The molecule has 1 aromatic rings. The molecule has 0 radical (unpaired) electrons. The van der Waals surface area contributed by atoms with Crippen molar-refractivity contribution in [1.29, 1.82) is 0 Å². The van der Waals surface area contributed by atoms with Crippen LogP contribution in [0.3, 0.4) is 0 Å². The number of nitrogens with two attached hydrogens (primary N) is 1. The Morgan fingerprint density at radius 2 is 2.16 bits per heavy atom. The van der Waals surface area contributed by atoms with Gasteiger partial charge < -0.3 is 5.73 Å². The molecule has 4 heteroatoms. The van der Waals surface area contributed by atoms with E-state index in [1.165, 1.54) is 24.9 Å². The van der Waals surface area contributed by atoms with Crippen LogP contribution in [0.2, 0.25) is 0 Å². The number of hydrogen-bond donors (Lipinski definition) is 1. The van der Waals surface area contributed by atoms with Gasteiger partial charge >= 0.3 is 0 Å². The second-order valence-electron chi connectivity index (χ2n) is 6.31. The second-order valence-corrected chi connectivity index (χ2v) is 6.31. The molecule has 2 rings (SSSR count). The third-order valence-electron chi connectivity index (χ3n) is 4.23. The Morgan fingerprint density at radius 1 is 1.42 bits per heavy atom. The highest BCUT2D eigenvalue weighted by molar-refractivity contribution is 5.15. The maximum absolute atomic E-state index is 6.05. The van der Waals surface area contributed by atoms with E-state index in [0.29, 0.717) is 18.0 Å². The molecule has 0 saturated carbocycles. The fourth-order valence-electron chi connectivity index (χ4n) is 2.84. The average Bonchev–Trinajstić information content (AvgIpc) is 2.71. The molecule has 0 spiro atoms. The van der Waals surface area contributed by atoms with Gasteiger partial charge in [-0.1, -0.05) is 0 Å². The zero-order valence-corrected chi connectivity index (χ0v) is 12.8. The second kappa shape index (κ2) is 6.06. The summed E-state index contributed by atoms with van der Waals surface area (Å²) in [4.78, 5) is 2.53. The molecule has 4 nitrogen and oxygen atoms in total. The van der Waals surface area contributed by atoms with Crippen LogP contribution in [0.1, 0.15) is 50.9 Å². The molecule has 0 amide bonds. The smallest absolute Gasteiger partial charge is 0.0638 e. The monoisotopic (exact) mass is 264 g/mol. The summed E-state index contributed by atoms with van der Waals surface area (Å²) in [7, 11) is 0. The Hall–Kier alpha value is -0.870. The lowest BCUT2D eigenvalue weighted by Gasteiger charge is -2.34. The van der Waals surface area contributed by atoms with Crippen LogP contribution in [0.4, 0.5) is 0 Å². The first-order chi connectivity index (χ1) is 8.97. The van der Waals surface area contributed by atoms with E-state index in [0.717, 1.165) is 18.8 Å². The minimum Gasteiger partial charge on any atom is -0.328 e. The first-order valence-electron chi connectivity index (χ1n) is 7.50. The van der Waals surface area contributed by atoms with Gasteiger partial charge in [-0.15, -0.1) is 0 Å². The Bertz CT molecular complexity index is 408. The van der Waals surface area contributed by atoms with Gasteiger partial charge in [0.15, 0.2) is 0 Å². The lowest BCUT2D eigenvalue weighted by atomic mass is 9.92. The maximum Gasteiger partial charge on any atom is 0.0638 e. The number of likely N-dealkylation sites (tertiary alicyclic amines) is 1. The summed E-state index contributed by atoms with van der Waals surface area (Å²) in [5.74, 6) is 0.647. The van der Waals surface area contributed by atoms with E-state index >= 15 is 0 Å². The molecule has 1 aliphatic rings. The van der Waals surface area contributed by atoms with Crippen molar-refractivity contribution in [3.63, 3.8) is 0 Å². The molecule has 0 aliphatic carbocycles. The van der Waals surface area contributed by atoms with Crippen LogP contribution in [0.25, 0.3) is 0 Å². The van der Waals surface area contributed by atoms with E-state index in [2.05, 4.69) is 48.6 Å². The van der Waals surface area contributed by atoms with Gasteiger partial charge in [-0.25, -0.2) is 0 Å². The quantitative estimate of drug-likeness (QED) is 0.908. The molecule has 2 N–H and O–H groups in total. The van der Waals surface area contributed by atoms with E-state index < -0.39 is 0 Å². The van der Waals surface area contributed by atoms with Crippen molar-refractivity contribution >= 4 is 0 Å². The fraction of sp³-hybridized carbons (Fsp3) is 0.800. The number of rotatable bonds is 4. The molecular formula is C15H28N4. The fourth-order valence-corrected chi connectivity index (χ4v) is 2.84. The first-order valence-corrected chi connectivity index (χ1v) is 7.50. The molecule has 1 saturated heterocycles. The van der Waals surface area contributed by atoms with Crippen molar-refractivity contribution in [1.82, 2.24) is 14.7 Å². The van der Waals surface area contributed by atoms with Crippen molar-refractivity contribution in [2.75, 3.05) is 13.1 Å². The SMILES string of the molecule is Cc1nn(C(C)C)cc1CN1CCCC(C(C)N)C1. The first kappa shape index (κ1) is 14.5. The average molecular weight is 264 g/mol. The van der Waals surface area contributed by atoms with Gasteiger partial charge in [0.05, 0.1) is 5.69 Å². The number of piperidine rings is 1. The maximum atomic E-state index is 6.05. The van der Waals surface area contributed by atoms with Gasteiger partial charge in [-0.3, -0.25) is 9.58 Å². The van der Waals surface area contributed by atoms with Gasteiger partial charge in [0.2, 0.25) is 0 Å². The molecule has 19 heavy (non-hydrogen) atoms. The molecule has 2 atom stereocenters. The summed E-state index contributed by atoms with van der Waals surface area (Å²) < 4.78 is 2.07. The Balaban J connectivity index is 2.00. The summed E-state index contributed by atoms with van der Waals surface area (Å²) in [5, 5.41) is 4.60. The molecule has 108 valence electrons. The van der Waals surface area contributed by atoms with Crippen LogP contribution in [0.15, 0.2) is 6.20 Å². The predicted octanol–water partition coefficient (Wildman–Crippen LogP) is 2.33. The van der Waals surface area contributed by atoms with Crippen LogP contribution >= 0.6 is 0 Å². The number of nitrogens with zero attached hydrogens (tertiary/aromatic N) is 3. The number of hydrogen-bond acceptors (Lipinski definition) is 3. The van der Waals surface area contributed by atoms with Crippen molar-refractivity contribution in [3.8, 4) is 0 Å². The van der Waals surface area contributed by atoms with Crippen LogP contribution in [0.5, 0.6) is 0 Å². The molecule has 2 unspecified atom stereocenters. The molecule has 1 fully saturated rings. The third kappa shape index (κ3) is 3.57. The molecule has 1 aliphatic heterocycles.